The van der Waals surface area contributed by atoms with Crippen molar-refractivity contribution in [1.29, 1.82) is 0 Å². The summed E-state index contributed by atoms with van der Waals surface area (Å²) in [5, 5.41) is 3.32. The summed E-state index contributed by atoms with van der Waals surface area (Å²) in [6.45, 7) is 3.41. The molecule has 0 radical (unpaired) electrons. The van der Waals surface area contributed by atoms with Crippen molar-refractivity contribution in [3.8, 4) is 0 Å². The molecule has 0 aliphatic carbocycles. The van der Waals surface area contributed by atoms with E-state index in [2.05, 4.69) is 4.98 Å². The number of aryl methyl sites for hydroxylation is 2. The number of aromatic nitrogens is 1. The van der Waals surface area contributed by atoms with Crippen molar-refractivity contribution in [1.82, 2.24) is 15.6 Å². The molecule has 0 bridgehead atoms. The molecule has 160 valence electrons. The number of Topliss-reactive ketones (excluding diaryl/α,β-unsaturated/α-hetero) is 1. The van der Waals surface area contributed by atoms with Gasteiger partial charge in [-0.1, -0.05) is 12.1 Å². The van der Waals surface area contributed by atoms with Crippen molar-refractivity contribution in [2.24, 2.45) is 0 Å². The van der Waals surface area contributed by atoms with E-state index in [1.54, 1.807) is 19.9 Å². The number of carbonyl (C=O) groups is 2. The van der Waals surface area contributed by atoms with Crippen LogP contribution in [0.1, 0.15) is 22.7 Å². The van der Waals surface area contributed by atoms with Gasteiger partial charge in [-0.2, -0.15) is 26.3 Å². The van der Waals surface area contributed by atoms with Gasteiger partial charge >= 0.3 is 18.4 Å². The van der Waals surface area contributed by atoms with Gasteiger partial charge < -0.3 is 15.6 Å². The fourth-order valence-corrected chi connectivity index (χ4v) is 3.17. The predicted octanol–water partition coefficient (Wildman–Crippen LogP) is 3.45. The molecule has 2 heterocycles. The van der Waals surface area contributed by atoms with Crippen molar-refractivity contribution < 1.29 is 35.9 Å². The molecule has 1 atom stereocenters. The van der Waals surface area contributed by atoms with Crippen LogP contribution in [0.25, 0.3) is 10.9 Å². The van der Waals surface area contributed by atoms with E-state index >= 15 is 0 Å². The van der Waals surface area contributed by atoms with Crippen LogP contribution in [0.3, 0.4) is 0 Å². The van der Waals surface area contributed by atoms with Gasteiger partial charge in [0.15, 0.2) is 0 Å². The lowest BCUT2D eigenvalue weighted by Gasteiger charge is -2.30. The Bertz CT molecular complexity index is 1160. The summed E-state index contributed by atoms with van der Waals surface area (Å²) in [5.41, 5.74) is -3.92. The van der Waals surface area contributed by atoms with Crippen LogP contribution in [0, 0.1) is 13.8 Å². The van der Waals surface area contributed by atoms with Gasteiger partial charge in [0.2, 0.25) is 0 Å². The van der Waals surface area contributed by atoms with Gasteiger partial charge in [0.25, 0.3) is 11.3 Å². The molecule has 2 aromatic rings. The zero-order valence-electron chi connectivity index (χ0n) is 15.3. The average Bonchev–Trinajstić information content (AvgIpc) is 2.62. The van der Waals surface area contributed by atoms with E-state index in [-0.39, 0.29) is 0 Å². The van der Waals surface area contributed by atoms with Crippen LogP contribution in [0.2, 0.25) is 0 Å². The number of fused-ring (bicyclic) bond motifs is 1. The van der Waals surface area contributed by atoms with Gasteiger partial charge in [-0.05, 0) is 36.4 Å². The highest BCUT2D eigenvalue weighted by Gasteiger charge is 2.52. The van der Waals surface area contributed by atoms with Crippen molar-refractivity contribution in [2.45, 2.75) is 32.2 Å². The number of rotatable bonds is 2. The molecule has 1 unspecified atom stereocenters. The zero-order valence-corrected chi connectivity index (χ0v) is 15.3. The lowest BCUT2D eigenvalue weighted by Crippen LogP contribution is -2.51. The maximum absolute atomic E-state index is 13.3. The SMILES string of the molecule is Cc1ccc2cc(C3NC(=O)NC(C(F)(F)F)=C3C(=O)C(F)(F)F)c(=O)[nH]c2c1C. The molecule has 2 amide bonds. The van der Waals surface area contributed by atoms with E-state index in [4.69, 9.17) is 0 Å². The van der Waals surface area contributed by atoms with E-state index in [0.29, 0.717) is 16.5 Å². The van der Waals surface area contributed by atoms with Crippen LogP contribution in [-0.2, 0) is 4.79 Å². The molecular formula is C18H13F6N3O3. The van der Waals surface area contributed by atoms with E-state index in [1.807, 2.05) is 5.32 Å². The number of halogens is 6. The number of ketones is 1. The van der Waals surface area contributed by atoms with Crippen LogP contribution < -0.4 is 16.2 Å². The molecule has 1 aliphatic heterocycles. The molecule has 1 aliphatic rings. The molecule has 6 nitrogen and oxygen atoms in total. The Morgan fingerprint density at radius 1 is 1.03 bits per heavy atom. The highest BCUT2D eigenvalue weighted by Crippen LogP contribution is 2.38. The molecule has 1 aromatic carbocycles. The minimum Gasteiger partial charge on any atom is -0.327 e. The number of carbonyl (C=O) groups excluding carboxylic acids is 2. The maximum atomic E-state index is 13.3. The molecule has 0 saturated carbocycles. The van der Waals surface area contributed by atoms with Gasteiger partial charge in [-0.25, -0.2) is 4.79 Å². The molecule has 0 saturated heterocycles. The van der Waals surface area contributed by atoms with Gasteiger partial charge in [-0.15, -0.1) is 0 Å². The number of alkyl halides is 6. The van der Waals surface area contributed by atoms with E-state index in [0.717, 1.165) is 11.6 Å². The summed E-state index contributed by atoms with van der Waals surface area (Å²) in [7, 11) is 0. The summed E-state index contributed by atoms with van der Waals surface area (Å²) in [4.78, 5) is 38.5. The van der Waals surface area contributed by atoms with E-state index in [9.17, 15) is 40.7 Å². The molecular weight excluding hydrogens is 420 g/mol. The first-order valence-electron chi connectivity index (χ1n) is 8.35. The second-order valence-corrected chi connectivity index (χ2v) is 6.67. The van der Waals surface area contributed by atoms with Crippen LogP contribution in [0.5, 0.6) is 0 Å². The van der Waals surface area contributed by atoms with Gasteiger partial charge in [-0.3, -0.25) is 9.59 Å². The van der Waals surface area contributed by atoms with Crippen LogP contribution >= 0.6 is 0 Å². The number of amides is 2. The molecule has 30 heavy (non-hydrogen) atoms. The van der Waals surface area contributed by atoms with E-state index < -0.39 is 52.6 Å². The maximum Gasteiger partial charge on any atom is 0.454 e. The monoisotopic (exact) mass is 433 g/mol. The van der Waals surface area contributed by atoms with Gasteiger partial charge in [0.05, 0.1) is 17.1 Å². The normalized spacial score (nSPS) is 17.7. The average molecular weight is 433 g/mol. The number of hydrogen-bond acceptors (Lipinski definition) is 3. The summed E-state index contributed by atoms with van der Waals surface area (Å²) in [6.07, 6.45) is -11.2. The second kappa shape index (κ2) is 6.89. The summed E-state index contributed by atoms with van der Waals surface area (Å²) < 4.78 is 79.2. The topological polar surface area (TPSA) is 91.1 Å². The highest BCUT2D eigenvalue weighted by atomic mass is 19.4. The lowest BCUT2D eigenvalue weighted by atomic mass is 9.91. The zero-order chi connectivity index (χ0) is 22.6. The summed E-state index contributed by atoms with van der Waals surface area (Å²) in [6, 6.07) is 0.415. The first-order valence-corrected chi connectivity index (χ1v) is 8.35. The second-order valence-electron chi connectivity index (χ2n) is 6.67. The van der Waals surface area contributed by atoms with Crippen molar-refractivity contribution in [3.63, 3.8) is 0 Å². The summed E-state index contributed by atoms with van der Waals surface area (Å²) in [5.74, 6) is -2.83. The van der Waals surface area contributed by atoms with Crippen LogP contribution in [-0.4, -0.2) is 29.2 Å². The first kappa shape index (κ1) is 21.4. The first-order chi connectivity index (χ1) is 13.7. The lowest BCUT2D eigenvalue weighted by molar-refractivity contribution is -0.167. The molecule has 0 spiro atoms. The third-order valence-electron chi connectivity index (χ3n) is 4.75. The Morgan fingerprint density at radius 3 is 2.23 bits per heavy atom. The van der Waals surface area contributed by atoms with Crippen LogP contribution in [0.15, 0.2) is 34.3 Å². The van der Waals surface area contributed by atoms with Crippen molar-refractivity contribution in [3.05, 3.63) is 56.5 Å². The number of nitrogens with one attached hydrogen (secondary N) is 3. The molecule has 12 heteroatoms. The van der Waals surface area contributed by atoms with Gasteiger partial charge in [0.1, 0.15) is 5.70 Å². The summed E-state index contributed by atoms with van der Waals surface area (Å²) >= 11 is 0. The highest BCUT2D eigenvalue weighted by molar-refractivity contribution is 6.04. The smallest absolute Gasteiger partial charge is 0.327 e. The number of urea groups is 1. The molecule has 0 fully saturated rings. The number of hydrogen-bond donors (Lipinski definition) is 3. The van der Waals surface area contributed by atoms with E-state index in [1.165, 1.54) is 11.4 Å². The fourth-order valence-electron chi connectivity index (χ4n) is 3.17. The number of benzene rings is 1. The third-order valence-corrected chi connectivity index (χ3v) is 4.75. The van der Waals surface area contributed by atoms with Gasteiger partial charge in [0, 0.05) is 5.56 Å². The number of pyridine rings is 1. The Hall–Kier alpha value is -3.31. The van der Waals surface area contributed by atoms with Crippen molar-refractivity contribution >= 4 is 22.7 Å². The molecule has 3 N–H and O–H groups in total. The number of H-pyrrole nitrogens is 1. The fraction of sp³-hybridized carbons (Fsp3) is 0.278. The Labute approximate surface area is 163 Å². The minimum absolute atomic E-state index is 0.299. The molecule has 1 aromatic heterocycles. The Morgan fingerprint density at radius 2 is 1.67 bits per heavy atom. The standard InChI is InChI=1S/C18H13F6N3O3/c1-6-3-4-8-5-9(15(29)25-11(8)7(6)2)12-10(14(28)18(22,23)24)13(17(19,20)21)27-16(30)26-12/h3-5,12H,1-2H3,(H,25,29)(H2,26,27,30). The van der Waals surface area contributed by atoms with Crippen molar-refractivity contribution in [2.75, 3.05) is 0 Å². The Balaban J connectivity index is 2.33. The Kier molecular flexibility index (Phi) is 4.91. The molecule has 3 rings (SSSR count). The number of aromatic amines is 1. The third kappa shape index (κ3) is 3.64. The quantitative estimate of drug-likeness (QED) is 0.634. The predicted molar refractivity (Wildman–Crippen MR) is 92.6 cm³/mol. The van der Waals surface area contributed by atoms with Crippen LogP contribution in [0.4, 0.5) is 31.1 Å². The largest absolute Gasteiger partial charge is 0.454 e. The minimum atomic E-state index is -5.68. The number of allylic oxidation sites excluding steroid dienone is 1.